The molecule has 1 saturated heterocycles. The molecule has 2 N–H and O–H groups in total. The minimum atomic E-state index is -1.11. The summed E-state index contributed by atoms with van der Waals surface area (Å²) in [4.78, 5) is 34.9. The number of allylic oxidation sites excluding steroid dienone is 2. The number of rotatable bonds is 2. The number of hydrogen-bond acceptors (Lipinski definition) is 3. The second-order valence-electron chi connectivity index (χ2n) is 4.17. The van der Waals surface area contributed by atoms with Crippen LogP contribution in [0.1, 0.15) is 26.2 Å². The highest BCUT2D eigenvalue weighted by Crippen LogP contribution is 2.40. The molecule has 0 radical (unpaired) electrons. The summed E-state index contributed by atoms with van der Waals surface area (Å²) in [5.41, 5.74) is -1.11. The number of nitrogens with one attached hydrogen (secondary N) is 2. The summed E-state index contributed by atoms with van der Waals surface area (Å²) >= 11 is 0. The average Bonchev–Trinajstić information content (AvgIpc) is 2.71. The molecule has 16 heavy (non-hydrogen) atoms. The maximum atomic E-state index is 11.9. The first-order valence-corrected chi connectivity index (χ1v) is 5.44. The molecule has 0 saturated carbocycles. The third-order valence-electron chi connectivity index (χ3n) is 3.47. The van der Waals surface area contributed by atoms with Gasteiger partial charge in [-0.2, -0.15) is 0 Å². The molecular formula is C11H14N2O3. The van der Waals surface area contributed by atoms with Gasteiger partial charge in [-0.3, -0.25) is 20.2 Å². The zero-order valence-corrected chi connectivity index (χ0v) is 9.08. The fourth-order valence-electron chi connectivity index (χ4n) is 2.53. The molecule has 0 bridgehead atoms. The van der Waals surface area contributed by atoms with Crippen LogP contribution in [-0.4, -0.2) is 17.8 Å². The zero-order chi connectivity index (χ0) is 11.8. The van der Waals surface area contributed by atoms with Gasteiger partial charge in [0.25, 0.3) is 0 Å². The number of urea groups is 1. The van der Waals surface area contributed by atoms with Crippen molar-refractivity contribution in [3.63, 3.8) is 0 Å². The first-order valence-electron chi connectivity index (χ1n) is 5.44. The molecule has 1 unspecified atom stereocenters. The molecule has 0 aromatic carbocycles. The summed E-state index contributed by atoms with van der Waals surface area (Å²) in [5.74, 6) is -1.05. The molecule has 1 aliphatic heterocycles. The van der Waals surface area contributed by atoms with E-state index < -0.39 is 23.3 Å². The molecule has 5 heteroatoms. The van der Waals surface area contributed by atoms with Crippen molar-refractivity contribution >= 4 is 17.8 Å². The largest absolute Gasteiger partial charge is 0.328 e. The summed E-state index contributed by atoms with van der Waals surface area (Å²) < 4.78 is 0. The van der Waals surface area contributed by atoms with Crippen LogP contribution in [0.4, 0.5) is 4.79 Å². The average molecular weight is 222 g/mol. The molecule has 1 heterocycles. The summed E-state index contributed by atoms with van der Waals surface area (Å²) in [5, 5.41) is 4.37. The SMILES string of the molecule is CCC1(C2C=CCC2)C(=O)NC(=O)NC1=O. The highest BCUT2D eigenvalue weighted by molar-refractivity contribution is 6.19. The molecule has 86 valence electrons. The Balaban J connectivity index is 2.38. The number of amides is 4. The zero-order valence-electron chi connectivity index (χ0n) is 9.08. The van der Waals surface area contributed by atoms with E-state index in [-0.39, 0.29) is 5.92 Å². The number of carbonyl (C=O) groups is 3. The molecule has 1 fully saturated rings. The lowest BCUT2D eigenvalue weighted by atomic mass is 9.70. The van der Waals surface area contributed by atoms with Crippen LogP contribution < -0.4 is 10.6 Å². The van der Waals surface area contributed by atoms with Gasteiger partial charge in [0.15, 0.2) is 0 Å². The lowest BCUT2D eigenvalue weighted by Gasteiger charge is -2.37. The van der Waals surface area contributed by atoms with Gasteiger partial charge in [0.2, 0.25) is 11.8 Å². The fourth-order valence-corrected chi connectivity index (χ4v) is 2.53. The van der Waals surface area contributed by atoms with E-state index in [2.05, 4.69) is 10.6 Å². The molecule has 2 aliphatic rings. The van der Waals surface area contributed by atoms with Crippen LogP contribution in [0, 0.1) is 11.3 Å². The highest BCUT2D eigenvalue weighted by Gasteiger charge is 2.53. The van der Waals surface area contributed by atoms with Gasteiger partial charge >= 0.3 is 6.03 Å². The Bertz CT molecular complexity index is 367. The number of hydrogen-bond donors (Lipinski definition) is 2. The lowest BCUT2D eigenvalue weighted by molar-refractivity contribution is -0.147. The maximum Gasteiger partial charge on any atom is 0.328 e. The van der Waals surface area contributed by atoms with Gasteiger partial charge < -0.3 is 0 Å². The van der Waals surface area contributed by atoms with Gasteiger partial charge in [0, 0.05) is 5.92 Å². The predicted molar refractivity (Wildman–Crippen MR) is 56.3 cm³/mol. The van der Waals surface area contributed by atoms with E-state index in [9.17, 15) is 14.4 Å². The first kappa shape index (κ1) is 10.9. The van der Waals surface area contributed by atoms with Crippen molar-refractivity contribution in [2.24, 2.45) is 11.3 Å². The fraction of sp³-hybridized carbons (Fsp3) is 0.545. The van der Waals surface area contributed by atoms with Gasteiger partial charge in [0.1, 0.15) is 5.41 Å². The molecule has 2 rings (SSSR count). The molecule has 1 aliphatic carbocycles. The number of imide groups is 2. The van der Waals surface area contributed by atoms with Crippen molar-refractivity contribution in [3.8, 4) is 0 Å². The van der Waals surface area contributed by atoms with Crippen molar-refractivity contribution < 1.29 is 14.4 Å². The van der Waals surface area contributed by atoms with Crippen LogP contribution in [0.25, 0.3) is 0 Å². The van der Waals surface area contributed by atoms with Crippen molar-refractivity contribution in [2.75, 3.05) is 0 Å². The number of carbonyl (C=O) groups excluding carboxylic acids is 3. The van der Waals surface area contributed by atoms with Crippen LogP contribution in [-0.2, 0) is 9.59 Å². The minimum Gasteiger partial charge on any atom is -0.277 e. The standard InChI is InChI=1S/C11H14N2O3/c1-2-11(7-5-3-4-6-7)8(14)12-10(16)13-9(11)15/h3,5,7H,2,4,6H2,1H3,(H2,12,13,14,15,16). The Morgan fingerprint density at radius 2 is 1.94 bits per heavy atom. The maximum absolute atomic E-state index is 11.9. The minimum absolute atomic E-state index is 0.106. The van der Waals surface area contributed by atoms with Crippen LogP contribution in [0.15, 0.2) is 12.2 Å². The van der Waals surface area contributed by atoms with Crippen molar-refractivity contribution in [2.45, 2.75) is 26.2 Å². The van der Waals surface area contributed by atoms with E-state index in [1.165, 1.54) is 0 Å². The monoisotopic (exact) mass is 222 g/mol. The quantitative estimate of drug-likeness (QED) is 0.534. The van der Waals surface area contributed by atoms with Gasteiger partial charge in [-0.1, -0.05) is 19.1 Å². The molecular weight excluding hydrogens is 208 g/mol. The third-order valence-corrected chi connectivity index (χ3v) is 3.47. The van der Waals surface area contributed by atoms with Crippen LogP contribution in [0.5, 0.6) is 0 Å². The van der Waals surface area contributed by atoms with E-state index in [1.54, 1.807) is 6.92 Å². The van der Waals surface area contributed by atoms with Gasteiger partial charge in [-0.25, -0.2) is 4.79 Å². The highest BCUT2D eigenvalue weighted by atomic mass is 16.2. The molecule has 1 atom stereocenters. The molecule has 0 aromatic rings. The summed E-state index contributed by atoms with van der Waals surface area (Å²) in [7, 11) is 0. The van der Waals surface area contributed by atoms with Crippen molar-refractivity contribution in [3.05, 3.63) is 12.2 Å². The van der Waals surface area contributed by atoms with Gasteiger partial charge in [0.05, 0.1) is 0 Å². The Kier molecular flexibility index (Phi) is 2.53. The van der Waals surface area contributed by atoms with Gasteiger partial charge in [-0.05, 0) is 19.3 Å². The first-order chi connectivity index (χ1) is 7.61. The van der Waals surface area contributed by atoms with E-state index >= 15 is 0 Å². The second-order valence-corrected chi connectivity index (χ2v) is 4.17. The van der Waals surface area contributed by atoms with E-state index in [0.29, 0.717) is 6.42 Å². The predicted octanol–water partition coefficient (Wildman–Crippen LogP) is 0.715. The van der Waals surface area contributed by atoms with Gasteiger partial charge in [-0.15, -0.1) is 0 Å². The molecule has 0 spiro atoms. The summed E-state index contributed by atoms with van der Waals surface area (Å²) in [6, 6.07) is -0.721. The number of barbiturate groups is 1. The van der Waals surface area contributed by atoms with Crippen molar-refractivity contribution in [1.29, 1.82) is 0 Å². The van der Waals surface area contributed by atoms with E-state index in [0.717, 1.165) is 12.8 Å². The second kappa shape index (κ2) is 3.73. The molecule has 4 amide bonds. The normalized spacial score (nSPS) is 27.8. The van der Waals surface area contributed by atoms with Crippen LogP contribution in [0.3, 0.4) is 0 Å². The Morgan fingerprint density at radius 1 is 1.31 bits per heavy atom. The Labute approximate surface area is 93.3 Å². The van der Waals surface area contributed by atoms with Crippen LogP contribution >= 0.6 is 0 Å². The smallest absolute Gasteiger partial charge is 0.277 e. The summed E-state index contributed by atoms with van der Waals surface area (Å²) in [6.45, 7) is 1.79. The van der Waals surface area contributed by atoms with Crippen LogP contribution in [0.2, 0.25) is 0 Å². The van der Waals surface area contributed by atoms with Crippen molar-refractivity contribution in [1.82, 2.24) is 10.6 Å². The lowest BCUT2D eigenvalue weighted by Crippen LogP contribution is -2.64. The van der Waals surface area contributed by atoms with E-state index in [1.807, 2.05) is 12.2 Å². The summed E-state index contributed by atoms with van der Waals surface area (Å²) in [6.07, 6.45) is 5.92. The third kappa shape index (κ3) is 1.35. The Hall–Kier alpha value is -1.65. The van der Waals surface area contributed by atoms with E-state index in [4.69, 9.17) is 0 Å². The molecule has 5 nitrogen and oxygen atoms in total. The Morgan fingerprint density at radius 3 is 2.38 bits per heavy atom. The topological polar surface area (TPSA) is 75.3 Å². The molecule has 0 aromatic heterocycles.